The van der Waals surface area contributed by atoms with Gasteiger partial charge in [0.05, 0.1) is 24.0 Å². The van der Waals surface area contributed by atoms with Gasteiger partial charge in [0.2, 0.25) is 11.8 Å². The van der Waals surface area contributed by atoms with Crippen molar-refractivity contribution in [1.29, 1.82) is 0 Å². The van der Waals surface area contributed by atoms with Crippen LogP contribution < -0.4 is 16.0 Å². The molecule has 4 aliphatic rings. The molecule has 2 aromatic rings. The number of likely N-dealkylation sites (tertiary alicyclic amines) is 2. The molecular weight excluding hydrogens is 564 g/mol. The van der Waals surface area contributed by atoms with Gasteiger partial charge in [-0.2, -0.15) is 0 Å². The molecule has 0 aromatic heterocycles. The Morgan fingerprint density at radius 1 is 0.977 bits per heavy atom. The number of amides is 2. The first-order valence-electron chi connectivity index (χ1n) is 15.7. The fourth-order valence-electron chi connectivity index (χ4n) is 7.69. The van der Waals surface area contributed by atoms with Crippen LogP contribution in [0.2, 0.25) is 0 Å². The first-order chi connectivity index (χ1) is 21.0. The van der Waals surface area contributed by atoms with Crippen molar-refractivity contribution in [3.05, 3.63) is 70.9 Å². The summed E-state index contributed by atoms with van der Waals surface area (Å²) in [6.07, 6.45) is 4.90. The second-order valence-electron chi connectivity index (χ2n) is 13.5. The van der Waals surface area contributed by atoms with Gasteiger partial charge in [-0.1, -0.05) is 38.5 Å². The molecule has 2 saturated heterocycles. The summed E-state index contributed by atoms with van der Waals surface area (Å²) in [4.78, 5) is 46.4. The quantitative estimate of drug-likeness (QED) is 0.503. The molecule has 1 atom stereocenters. The van der Waals surface area contributed by atoms with E-state index in [0.717, 1.165) is 38.4 Å². The van der Waals surface area contributed by atoms with Crippen LogP contribution in [0.15, 0.2) is 53.7 Å². The molecule has 6 rings (SSSR count). The van der Waals surface area contributed by atoms with Gasteiger partial charge in [0.25, 0.3) is 0 Å². The molecule has 0 bridgehead atoms. The van der Waals surface area contributed by atoms with Crippen LogP contribution >= 0.6 is 0 Å². The third-order valence-electron chi connectivity index (χ3n) is 9.93. The summed E-state index contributed by atoms with van der Waals surface area (Å²) in [7, 11) is 0. The fraction of sp³-hybridized carbons (Fsp3) is 0.500. The van der Waals surface area contributed by atoms with Crippen molar-refractivity contribution in [2.24, 2.45) is 11.1 Å². The molecule has 2 amide bonds. The Hall–Kier alpha value is -3.79. The molecule has 0 saturated carbocycles. The maximum absolute atomic E-state index is 15.6. The zero-order chi connectivity index (χ0) is 31.2. The number of nitrogens with zero attached hydrogens (tertiary/aromatic N) is 3. The SMILES string of the molecule is CC1(C)CC(=O)C2=C(C1)Nc1ccccc1N(CC(=O)N1CCC(C(N)=O)(N3CCCCC3)CC1)C2c1ccc(F)cc1F. The molecule has 234 valence electrons. The van der Waals surface area contributed by atoms with Gasteiger partial charge in [-0.3, -0.25) is 19.3 Å². The molecule has 3 N–H and O–H groups in total. The van der Waals surface area contributed by atoms with Crippen LogP contribution in [0.1, 0.15) is 70.4 Å². The number of Topliss-reactive ketones (excluding diaryl/α,β-unsaturated/α-hetero) is 1. The number of allylic oxidation sites excluding steroid dienone is 1. The Kier molecular flexibility index (Phi) is 7.98. The Bertz CT molecular complexity index is 1510. The summed E-state index contributed by atoms with van der Waals surface area (Å²) in [6.45, 7) is 6.28. The van der Waals surface area contributed by atoms with Gasteiger partial charge in [-0.05, 0) is 68.8 Å². The highest BCUT2D eigenvalue weighted by molar-refractivity contribution is 6.02. The number of rotatable bonds is 5. The number of carbonyl (C=O) groups is 3. The van der Waals surface area contributed by atoms with Crippen molar-refractivity contribution in [3.63, 3.8) is 0 Å². The number of benzene rings is 2. The number of piperidine rings is 2. The summed E-state index contributed by atoms with van der Waals surface area (Å²) in [5, 5.41) is 3.46. The minimum Gasteiger partial charge on any atom is -0.368 e. The number of anilines is 2. The summed E-state index contributed by atoms with van der Waals surface area (Å²) < 4.78 is 29.7. The number of primary amides is 1. The Morgan fingerprint density at radius 3 is 2.36 bits per heavy atom. The molecule has 3 heterocycles. The standard InChI is InChI=1S/C34H41F2N5O3/c1-33(2)19-26-30(28(42)20-33)31(23-11-10-22(35)18-24(23)36)41(27-9-5-4-8-25(27)38-26)21-29(43)39-16-12-34(13-17-39,32(37)44)40-14-6-3-7-15-40/h4-5,8-11,18,31,38H,3,6-7,12-17,19-21H2,1-2H3,(H2,37,44). The van der Waals surface area contributed by atoms with Crippen molar-refractivity contribution < 1.29 is 23.2 Å². The van der Waals surface area contributed by atoms with E-state index in [0.29, 0.717) is 55.0 Å². The second-order valence-corrected chi connectivity index (χ2v) is 13.5. The van der Waals surface area contributed by atoms with Crippen LogP contribution in [0.25, 0.3) is 0 Å². The first-order valence-corrected chi connectivity index (χ1v) is 15.7. The third-order valence-corrected chi connectivity index (χ3v) is 9.93. The highest BCUT2D eigenvalue weighted by Gasteiger charge is 2.47. The van der Waals surface area contributed by atoms with E-state index in [1.807, 2.05) is 38.1 Å². The van der Waals surface area contributed by atoms with Crippen LogP contribution in [0, 0.1) is 17.0 Å². The van der Waals surface area contributed by atoms with Gasteiger partial charge < -0.3 is 20.9 Å². The molecule has 2 aromatic carbocycles. The molecule has 0 spiro atoms. The maximum Gasteiger partial charge on any atom is 0.242 e. The van der Waals surface area contributed by atoms with Gasteiger partial charge in [0, 0.05) is 42.4 Å². The minimum atomic E-state index is -0.947. The van der Waals surface area contributed by atoms with E-state index in [1.54, 1.807) is 9.80 Å². The Balaban J connectivity index is 1.36. The van der Waals surface area contributed by atoms with Gasteiger partial charge in [-0.25, -0.2) is 8.78 Å². The number of ketones is 1. The monoisotopic (exact) mass is 605 g/mol. The second kappa shape index (κ2) is 11.6. The number of hydrogen-bond acceptors (Lipinski definition) is 6. The number of hydrogen-bond donors (Lipinski definition) is 2. The largest absolute Gasteiger partial charge is 0.368 e. The van der Waals surface area contributed by atoms with E-state index >= 15 is 4.39 Å². The van der Waals surface area contributed by atoms with Gasteiger partial charge in [0.1, 0.15) is 17.2 Å². The zero-order valence-corrected chi connectivity index (χ0v) is 25.5. The van der Waals surface area contributed by atoms with E-state index in [2.05, 4.69) is 10.2 Å². The lowest BCUT2D eigenvalue weighted by molar-refractivity contribution is -0.141. The Morgan fingerprint density at radius 2 is 1.68 bits per heavy atom. The predicted molar refractivity (Wildman–Crippen MR) is 165 cm³/mol. The summed E-state index contributed by atoms with van der Waals surface area (Å²) >= 11 is 0. The highest BCUT2D eigenvalue weighted by atomic mass is 19.1. The first kappa shape index (κ1) is 30.2. The van der Waals surface area contributed by atoms with Crippen molar-refractivity contribution in [2.75, 3.05) is 42.9 Å². The molecule has 10 heteroatoms. The van der Waals surface area contributed by atoms with E-state index in [-0.39, 0.29) is 41.5 Å². The lowest BCUT2D eigenvalue weighted by atomic mass is 9.73. The van der Waals surface area contributed by atoms with E-state index in [9.17, 15) is 18.8 Å². The summed E-state index contributed by atoms with van der Waals surface area (Å²) in [5.74, 6) is -2.16. The minimum absolute atomic E-state index is 0.131. The fourth-order valence-corrected chi connectivity index (χ4v) is 7.69. The number of nitrogens with two attached hydrogens (primary N) is 1. The molecule has 3 aliphatic heterocycles. The van der Waals surface area contributed by atoms with Crippen LogP contribution in [0.4, 0.5) is 20.2 Å². The molecular formula is C34H41F2N5O3. The Labute approximate surface area is 257 Å². The number of carbonyl (C=O) groups excluding carboxylic acids is 3. The van der Waals surface area contributed by atoms with E-state index in [4.69, 9.17) is 5.73 Å². The number of fused-ring (bicyclic) bond motifs is 1. The van der Waals surface area contributed by atoms with Crippen LogP contribution in [-0.2, 0) is 14.4 Å². The van der Waals surface area contributed by atoms with Crippen LogP contribution in [0.5, 0.6) is 0 Å². The van der Waals surface area contributed by atoms with Crippen molar-refractivity contribution in [2.45, 2.75) is 70.4 Å². The maximum atomic E-state index is 15.6. The molecule has 8 nitrogen and oxygen atoms in total. The lowest BCUT2D eigenvalue weighted by Gasteiger charge is -2.48. The molecule has 0 radical (unpaired) electrons. The molecule has 2 fully saturated rings. The average Bonchev–Trinajstić information content (AvgIpc) is 3.11. The van der Waals surface area contributed by atoms with Gasteiger partial charge in [0.15, 0.2) is 5.78 Å². The lowest BCUT2D eigenvalue weighted by Crippen LogP contribution is -2.64. The number of halogens is 2. The summed E-state index contributed by atoms with van der Waals surface area (Å²) in [5.41, 5.74) is 7.47. The number of para-hydroxylation sites is 2. The average molecular weight is 606 g/mol. The predicted octanol–water partition coefficient (Wildman–Crippen LogP) is 4.91. The molecule has 1 aliphatic carbocycles. The van der Waals surface area contributed by atoms with Crippen LogP contribution in [-0.4, -0.2) is 65.7 Å². The zero-order valence-electron chi connectivity index (χ0n) is 25.5. The normalized spacial score (nSPS) is 23.4. The molecule has 1 unspecified atom stereocenters. The van der Waals surface area contributed by atoms with Crippen molar-refractivity contribution in [1.82, 2.24) is 9.80 Å². The third kappa shape index (κ3) is 5.49. The van der Waals surface area contributed by atoms with Crippen molar-refractivity contribution >= 4 is 29.0 Å². The topological polar surface area (TPSA) is 99.0 Å². The van der Waals surface area contributed by atoms with Crippen LogP contribution in [0.3, 0.4) is 0 Å². The highest BCUT2D eigenvalue weighted by Crippen LogP contribution is 2.48. The van der Waals surface area contributed by atoms with E-state index < -0.39 is 23.2 Å². The van der Waals surface area contributed by atoms with Crippen molar-refractivity contribution in [3.8, 4) is 0 Å². The van der Waals surface area contributed by atoms with Gasteiger partial charge >= 0.3 is 0 Å². The van der Waals surface area contributed by atoms with E-state index in [1.165, 1.54) is 12.1 Å². The van der Waals surface area contributed by atoms with Gasteiger partial charge in [-0.15, -0.1) is 0 Å². The smallest absolute Gasteiger partial charge is 0.242 e. The summed E-state index contributed by atoms with van der Waals surface area (Å²) in [6, 6.07) is 9.88. The molecule has 44 heavy (non-hydrogen) atoms. The number of nitrogens with one attached hydrogen (secondary N) is 1.